The summed E-state index contributed by atoms with van der Waals surface area (Å²) in [5, 5.41) is 11.2. The maximum atomic E-state index is 12.5. The summed E-state index contributed by atoms with van der Waals surface area (Å²) < 4.78 is 27.4. The number of aliphatic hydroxyl groups is 1. The van der Waals surface area contributed by atoms with E-state index < -0.39 is 15.6 Å². The highest BCUT2D eigenvalue weighted by Crippen LogP contribution is 2.45. The number of rotatable bonds is 6. The number of benzene rings is 2. The fourth-order valence-electron chi connectivity index (χ4n) is 2.72. The first-order valence-corrected chi connectivity index (χ1v) is 9.32. The molecule has 1 fully saturated rings. The molecule has 0 saturated heterocycles. The summed E-state index contributed by atoms with van der Waals surface area (Å²) >= 11 is 5.97. The average molecular weight is 352 g/mol. The molecule has 122 valence electrons. The molecule has 0 aromatic heterocycles. The summed E-state index contributed by atoms with van der Waals surface area (Å²) in [7, 11) is -3.78. The highest BCUT2D eigenvalue weighted by Gasteiger charge is 2.45. The molecule has 1 aliphatic rings. The predicted molar refractivity (Wildman–Crippen MR) is 89.7 cm³/mol. The molecule has 1 atom stereocenters. The molecule has 6 heteroatoms. The van der Waals surface area contributed by atoms with E-state index in [0.717, 1.165) is 18.4 Å². The van der Waals surface area contributed by atoms with E-state index in [2.05, 4.69) is 4.72 Å². The first-order chi connectivity index (χ1) is 10.9. The molecule has 1 aliphatic carbocycles. The van der Waals surface area contributed by atoms with Gasteiger partial charge in [0, 0.05) is 6.54 Å². The number of halogens is 1. The van der Waals surface area contributed by atoms with E-state index in [0.29, 0.717) is 0 Å². The zero-order chi connectivity index (χ0) is 16.5. The van der Waals surface area contributed by atoms with Gasteiger partial charge in [0.25, 0.3) is 0 Å². The Morgan fingerprint density at radius 1 is 1.09 bits per heavy atom. The zero-order valence-electron chi connectivity index (χ0n) is 12.4. The van der Waals surface area contributed by atoms with Gasteiger partial charge in [-0.25, -0.2) is 13.1 Å². The van der Waals surface area contributed by atoms with Crippen LogP contribution in [0, 0.1) is 5.92 Å². The smallest absolute Gasteiger partial charge is 0.242 e. The molecular formula is C17H18ClNO3S. The van der Waals surface area contributed by atoms with Gasteiger partial charge in [-0.3, -0.25) is 0 Å². The minimum absolute atomic E-state index is 0.0212. The maximum absolute atomic E-state index is 12.5. The Bertz CT molecular complexity index is 790. The number of nitrogens with one attached hydrogen (secondary N) is 1. The number of sulfonamides is 1. The van der Waals surface area contributed by atoms with Crippen molar-refractivity contribution in [3.05, 3.63) is 65.2 Å². The van der Waals surface area contributed by atoms with Gasteiger partial charge in [-0.2, -0.15) is 0 Å². The van der Waals surface area contributed by atoms with Gasteiger partial charge in [0.15, 0.2) is 0 Å². The molecule has 23 heavy (non-hydrogen) atoms. The Kier molecular flexibility index (Phi) is 4.47. The lowest BCUT2D eigenvalue weighted by Gasteiger charge is -2.29. The van der Waals surface area contributed by atoms with Crippen LogP contribution < -0.4 is 4.72 Å². The lowest BCUT2D eigenvalue weighted by atomic mass is 9.89. The van der Waals surface area contributed by atoms with Crippen molar-refractivity contribution in [2.45, 2.75) is 23.3 Å². The van der Waals surface area contributed by atoms with E-state index in [4.69, 9.17) is 11.6 Å². The van der Waals surface area contributed by atoms with E-state index >= 15 is 0 Å². The zero-order valence-corrected chi connectivity index (χ0v) is 14.0. The summed E-state index contributed by atoms with van der Waals surface area (Å²) in [6.07, 6.45) is 1.78. The minimum atomic E-state index is -3.78. The van der Waals surface area contributed by atoms with E-state index in [9.17, 15) is 13.5 Å². The molecular weight excluding hydrogens is 334 g/mol. The first kappa shape index (κ1) is 16.5. The Morgan fingerprint density at radius 3 is 2.30 bits per heavy atom. The standard InChI is InChI=1S/C17H18ClNO3S/c18-15-8-4-5-9-16(15)23(21,22)19-12-17(20,14-10-11-14)13-6-2-1-3-7-13/h1-9,14,19-20H,10-12H2/t17-/m1/s1. The molecule has 1 saturated carbocycles. The van der Waals surface area contributed by atoms with Gasteiger partial charge in [-0.05, 0) is 36.5 Å². The molecule has 0 radical (unpaired) electrons. The molecule has 2 N–H and O–H groups in total. The molecule has 2 aromatic rings. The monoisotopic (exact) mass is 351 g/mol. The maximum Gasteiger partial charge on any atom is 0.242 e. The Morgan fingerprint density at radius 2 is 1.70 bits per heavy atom. The van der Waals surface area contributed by atoms with E-state index in [1.807, 2.05) is 30.3 Å². The second kappa shape index (κ2) is 6.24. The van der Waals surface area contributed by atoms with Crippen LogP contribution in [0.5, 0.6) is 0 Å². The summed E-state index contributed by atoms with van der Waals surface area (Å²) in [6.45, 7) is -0.0742. The SMILES string of the molecule is O=S(=O)(NC[C@@](O)(c1ccccc1)C1CC1)c1ccccc1Cl. The van der Waals surface area contributed by atoms with Gasteiger partial charge >= 0.3 is 0 Å². The van der Waals surface area contributed by atoms with Crippen LogP contribution in [0.3, 0.4) is 0 Å². The Labute approximate surface area is 141 Å². The van der Waals surface area contributed by atoms with Crippen LogP contribution in [0.15, 0.2) is 59.5 Å². The molecule has 0 amide bonds. The number of hydrogen-bond acceptors (Lipinski definition) is 3. The van der Waals surface area contributed by atoms with Gasteiger partial charge in [-0.1, -0.05) is 54.1 Å². The predicted octanol–water partition coefficient (Wildman–Crippen LogP) is 2.92. The van der Waals surface area contributed by atoms with Crippen LogP contribution in [-0.4, -0.2) is 20.1 Å². The summed E-state index contributed by atoms with van der Waals surface area (Å²) in [5.74, 6) is 0.0684. The Hall–Kier alpha value is -1.40. The van der Waals surface area contributed by atoms with E-state index in [1.165, 1.54) is 12.1 Å². The highest BCUT2D eigenvalue weighted by molar-refractivity contribution is 7.89. The third kappa shape index (κ3) is 3.43. The van der Waals surface area contributed by atoms with E-state index in [-0.39, 0.29) is 22.4 Å². The second-order valence-corrected chi connectivity index (χ2v) is 7.96. The third-order valence-electron chi connectivity index (χ3n) is 4.18. The van der Waals surface area contributed by atoms with Crippen molar-refractivity contribution in [2.24, 2.45) is 5.92 Å². The second-order valence-electron chi connectivity index (χ2n) is 5.82. The highest BCUT2D eigenvalue weighted by atomic mass is 35.5. The average Bonchev–Trinajstić information content (AvgIpc) is 3.39. The largest absolute Gasteiger partial charge is 0.383 e. The lowest BCUT2D eigenvalue weighted by molar-refractivity contribution is 0.0185. The molecule has 0 bridgehead atoms. The lowest BCUT2D eigenvalue weighted by Crippen LogP contribution is -2.42. The third-order valence-corrected chi connectivity index (χ3v) is 6.09. The van der Waals surface area contributed by atoms with Gasteiger partial charge in [-0.15, -0.1) is 0 Å². The normalized spacial score (nSPS) is 17.7. The quantitative estimate of drug-likeness (QED) is 0.841. The van der Waals surface area contributed by atoms with Gasteiger partial charge in [0.1, 0.15) is 10.5 Å². The van der Waals surface area contributed by atoms with Crippen LogP contribution in [0.1, 0.15) is 18.4 Å². The van der Waals surface area contributed by atoms with Gasteiger partial charge in [0.05, 0.1) is 5.02 Å². The Balaban J connectivity index is 1.84. The molecule has 0 spiro atoms. The van der Waals surface area contributed by atoms with Crippen molar-refractivity contribution >= 4 is 21.6 Å². The molecule has 4 nitrogen and oxygen atoms in total. The van der Waals surface area contributed by atoms with Crippen molar-refractivity contribution in [1.29, 1.82) is 0 Å². The fraction of sp³-hybridized carbons (Fsp3) is 0.294. The summed E-state index contributed by atoms with van der Waals surface area (Å²) in [5.41, 5.74) is -0.473. The molecule has 0 heterocycles. The summed E-state index contributed by atoms with van der Waals surface area (Å²) in [4.78, 5) is 0.0212. The van der Waals surface area contributed by atoms with Crippen LogP contribution >= 0.6 is 11.6 Å². The van der Waals surface area contributed by atoms with Gasteiger partial charge in [0.2, 0.25) is 10.0 Å². The molecule has 0 aliphatic heterocycles. The molecule has 3 rings (SSSR count). The van der Waals surface area contributed by atoms with Crippen LogP contribution in [0.4, 0.5) is 0 Å². The number of hydrogen-bond donors (Lipinski definition) is 2. The topological polar surface area (TPSA) is 66.4 Å². The van der Waals surface area contributed by atoms with Crippen molar-refractivity contribution in [2.75, 3.05) is 6.54 Å². The van der Waals surface area contributed by atoms with Crippen molar-refractivity contribution in [3.63, 3.8) is 0 Å². The minimum Gasteiger partial charge on any atom is -0.383 e. The summed E-state index contributed by atoms with van der Waals surface area (Å²) in [6, 6.07) is 15.5. The van der Waals surface area contributed by atoms with Crippen LogP contribution in [0.25, 0.3) is 0 Å². The van der Waals surface area contributed by atoms with Gasteiger partial charge < -0.3 is 5.11 Å². The van der Waals surface area contributed by atoms with Crippen molar-refractivity contribution < 1.29 is 13.5 Å². The van der Waals surface area contributed by atoms with Crippen LogP contribution in [-0.2, 0) is 15.6 Å². The fourth-order valence-corrected chi connectivity index (χ4v) is 4.30. The first-order valence-electron chi connectivity index (χ1n) is 7.45. The van der Waals surface area contributed by atoms with E-state index in [1.54, 1.807) is 12.1 Å². The van der Waals surface area contributed by atoms with Crippen molar-refractivity contribution in [3.8, 4) is 0 Å². The van der Waals surface area contributed by atoms with Crippen LogP contribution in [0.2, 0.25) is 5.02 Å². The van der Waals surface area contributed by atoms with Crippen molar-refractivity contribution in [1.82, 2.24) is 4.72 Å². The molecule has 0 unspecified atom stereocenters. The molecule has 2 aromatic carbocycles.